The maximum atomic E-state index is 10.9. The fourth-order valence-electron chi connectivity index (χ4n) is 1.81. The molecule has 0 heterocycles. The lowest BCUT2D eigenvalue weighted by Crippen LogP contribution is -2.34. The molecule has 100 valence electrons. The predicted molar refractivity (Wildman–Crippen MR) is 69.0 cm³/mol. The SMILES string of the molecule is COc1ccc(C(O)(CC(=O)O)C(C)C)cc1Cl. The first-order valence-corrected chi connectivity index (χ1v) is 5.97. The minimum Gasteiger partial charge on any atom is -0.495 e. The van der Waals surface area contributed by atoms with E-state index < -0.39 is 11.6 Å². The molecule has 4 nitrogen and oxygen atoms in total. The number of carbonyl (C=O) groups is 1. The Kier molecular flexibility index (Phi) is 4.59. The van der Waals surface area contributed by atoms with E-state index >= 15 is 0 Å². The standard InChI is InChI=1S/C13H17ClO4/c1-8(2)13(17,7-12(15)16)9-4-5-11(18-3)10(14)6-9/h4-6,8,17H,7H2,1-3H3,(H,15,16). The molecule has 18 heavy (non-hydrogen) atoms. The first kappa shape index (κ1) is 14.8. The van der Waals surface area contributed by atoms with E-state index in [2.05, 4.69) is 0 Å². The van der Waals surface area contributed by atoms with Crippen LogP contribution in [0.1, 0.15) is 25.8 Å². The Morgan fingerprint density at radius 2 is 2.11 bits per heavy atom. The van der Waals surface area contributed by atoms with Gasteiger partial charge in [0, 0.05) is 0 Å². The third kappa shape index (κ3) is 2.94. The van der Waals surface area contributed by atoms with Crippen LogP contribution in [0.3, 0.4) is 0 Å². The van der Waals surface area contributed by atoms with E-state index in [-0.39, 0.29) is 12.3 Å². The van der Waals surface area contributed by atoms with Crippen molar-refractivity contribution in [2.24, 2.45) is 5.92 Å². The van der Waals surface area contributed by atoms with Crippen molar-refractivity contribution in [3.8, 4) is 5.75 Å². The molecule has 2 N–H and O–H groups in total. The average molecular weight is 273 g/mol. The highest BCUT2D eigenvalue weighted by Gasteiger charge is 2.36. The van der Waals surface area contributed by atoms with E-state index in [1.165, 1.54) is 7.11 Å². The number of hydrogen-bond acceptors (Lipinski definition) is 3. The molecule has 0 aliphatic rings. The van der Waals surface area contributed by atoms with Crippen LogP contribution in [0.4, 0.5) is 0 Å². The molecule has 1 aromatic carbocycles. The summed E-state index contributed by atoms with van der Waals surface area (Å²) in [6, 6.07) is 4.80. The second kappa shape index (κ2) is 5.59. The first-order chi connectivity index (χ1) is 8.31. The van der Waals surface area contributed by atoms with Crippen LogP contribution in [0.5, 0.6) is 5.75 Å². The van der Waals surface area contributed by atoms with Crippen LogP contribution in [-0.2, 0) is 10.4 Å². The van der Waals surface area contributed by atoms with Crippen LogP contribution in [0.25, 0.3) is 0 Å². The van der Waals surface area contributed by atoms with E-state index in [9.17, 15) is 9.90 Å². The molecule has 0 radical (unpaired) electrons. The van der Waals surface area contributed by atoms with Crippen molar-refractivity contribution in [1.82, 2.24) is 0 Å². The molecule has 1 rings (SSSR count). The lowest BCUT2D eigenvalue weighted by Gasteiger charge is -2.31. The Hall–Kier alpha value is -1.26. The van der Waals surface area contributed by atoms with Gasteiger partial charge in [-0.25, -0.2) is 0 Å². The van der Waals surface area contributed by atoms with E-state index in [1.807, 2.05) is 0 Å². The smallest absolute Gasteiger partial charge is 0.306 e. The fraction of sp³-hybridized carbons (Fsp3) is 0.462. The lowest BCUT2D eigenvalue weighted by molar-refractivity contribution is -0.145. The molecule has 5 heteroatoms. The van der Waals surface area contributed by atoms with Gasteiger partial charge in [-0.2, -0.15) is 0 Å². The lowest BCUT2D eigenvalue weighted by atomic mass is 9.81. The molecular formula is C13H17ClO4. The number of benzene rings is 1. The Bertz CT molecular complexity index is 445. The Labute approximate surface area is 111 Å². The molecule has 1 aromatic rings. The number of carboxylic acid groups (broad SMARTS) is 1. The number of rotatable bonds is 5. The summed E-state index contributed by atoms with van der Waals surface area (Å²) in [7, 11) is 1.49. The Morgan fingerprint density at radius 3 is 2.50 bits per heavy atom. The van der Waals surface area contributed by atoms with Crippen molar-refractivity contribution in [2.75, 3.05) is 7.11 Å². The minimum atomic E-state index is -1.44. The minimum absolute atomic E-state index is 0.252. The zero-order chi connectivity index (χ0) is 13.9. The number of ether oxygens (including phenoxy) is 1. The molecule has 0 spiro atoms. The van der Waals surface area contributed by atoms with Gasteiger partial charge >= 0.3 is 5.97 Å². The third-order valence-electron chi connectivity index (χ3n) is 3.03. The maximum absolute atomic E-state index is 10.9. The average Bonchev–Trinajstić information content (AvgIpc) is 2.27. The quantitative estimate of drug-likeness (QED) is 0.865. The summed E-state index contributed by atoms with van der Waals surface area (Å²) in [6.07, 6.45) is -0.368. The van der Waals surface area contributed by atoms with Crippen molar-refractivity contribution < 1.29 is 19.7 Å². The summed E-state index contributed by atoms with van der Waals surface area (Å²) in [6.45, 7) is 3.53. The van der Waals surface area contributed by atoms with Crippen LogP contribution in [0, 0.1) is 5.92 Å². The van der Waals surface area contributed by atoms with Gasteiger partial charge in [0.05, 0.1) is 18.6 Å². The van der Waals surface area contributed by atoms with Gasteiger partial charge in [0.15, 0.2) is 0 Å². The fourth-order valence-corrected chi connectivity index (χ4v) is 2.06. The van der Waals surface area contributed by atoms with Gasteiger partial charge in [0.2, 0.25) is 0 Å². The van der Waals surface area contributed by atoms with E-state index in [4.69, 9.17) is 21.4 Å². The van der Waals surface area contributed by atoms with Gasteiger partial charge in [-0.05, 0) is 23.6 Å². The Balaban J connectivity index is 3.22. The molecule has 0 aromatic heterocycles. The van der Waals surface area contributed by atoms with Crippen LogP contribution in [0.2, 0.25) is 5.02 Å². The number of aliphatic carboxylic acids is 1. The molecule has 0 aliphatic carbocycles. The summed E-state index contributed by atoms with van der Waals surface area (Å²) in [4.78, 5) is 10.9. The van der Waals surface area contributed by atoms with Crippen LogP contribution in [-0.4, -0.2) is 23.3 Å². The summed E-state index contributed by atoms with van der Waals surface area (Å²) >= 11 is 5.99. The van der Waals surface area contributed by atoms with E-state index in [1.54, 1.807) is 32.0 Å². The monoisotopic (exact) mass is 272 g/mol. The summed E-state index contributed by atoms with van der Waals surface area (Å²) in [5.74, 6) is -0.821. The highest BCUT2D eigenvalue weighted by molar-refractivity contribution is 6.32. The number of methoxy groups -OCH3 is 1. The molecule has 1 atom stereocenters. The molecule has 0 saturated heterocycles. The highest BCUT2D eigenvalue weighted by atomic mass is 35.5. The molecule has 0 bridgehead atoms. The topological polar surface area (TPSA) is 66.8 Å². The number of carboxylic acids is 1. The Morgan fingerprint density at radius 1 is 1.50 bits per heavy atom. The number of halogens is 1. The molecule has 1 unspecified atom stereocenters. The summed E-state index contributed by atoms with van der Waals surface area (Å²) < 4.78 is 5.02. The molecule has 0 fully saturated rings. The predicted octanol–water partition coefficient (Wildman–Crippen LogP) is 2.67. The van der Waals surface area contributed by atoms with Gasteiger partial charge in [-0.3, -0.25) is 4.79 Å². The summed E-state index contributed by atoms with van der Waals surface area (Å²) in [5, 5.41) is 19.8. The number of aliphatic hydroxyl groups is 1. The second-order valence-electron chi connectivity index (χ2n) is 4.50. The van der Waals surface area contributed by atoms with E-state index in [0.717, 1.165) is 0 Å². The van der Waals surface area contributed by atoms with Gasteiger partial charge in [0.1, 0.15) is 11.4 Å². The van der Waals surface area contributed by atoms with Gasteiger partial charge in [-0.15, -0.1) is 0 Å². The molecule has 0 aliphatic heterocycles. The molecular weight excluding hydrogens is 256 g/mol. The highest BCUT2D eigenvalue weighted by Crippen LogP contribution is 2.36. The maximum Gasteiger partial charge on any atom is 0.306 e. The summed E-state index contributed by atoms with van der Waals surface area (Å²) in [5.41, 5.74) is -0.965. The van der Waals surface area contributed by atoms with Crippen LogP contribution < -0.4 is 4.74 Å². The normalized spacial score (nSPS) is 14.3. The van der Waals surface area contributed by atoms with Crippen molar-refractivity contribution in [2.45, 2.75) is 25.9 Å². The zero-order valence-electron chi connectivity index (χ0n) is 10.6. The van der Waals surface area contributed by atoms with Crippen molar-refractivity contribution >= 4 is 17.6 Å². The largest absolute Gasteiger partial charge is 0.495 e. The van der Waals surface area contributed by atoms with Crippen molar-refractivity contribution in [3.63, 3.8) is 0 Å². The zero-order valence-corrected chi connectivity index (χ0v) is 11.4. The van der Waals surface area contributed by atoms with Crippen LogP contribution in [0.15, 0.2) is 18.2 Å². The van der Waals surface area contributed by atoms with Crippen molar-refractivity contribution in [3.05, 3.63) is 28.8 Å². The molecule has 0 amide bonds. The van der Waals surface area contributed by atoms with Gasteiger partial charge in [-0.1, -0.05) is 31.5 Å². The van der Waals surface area contributed by atoms with E-state index in [0.29, 0.717) is 16.3 Å². The second-order valence-corrected chi connectivity index (χ2v) is 4.91. The number of hydrogen-bond donors (Lipinski definition) is 2. The first-order valence-electron chi connectivity index (χ1n) is 5.59. The van der Waals surface area contributed by atoms with Gasteiger partial charge < -0.3 is 14.9 Å². The van der Waals surface area contributed by atoms with Crippen LogP contribution >= 0.6 is 11.6 Å². The van der Waals surface area contributed by atoms with Crippen molar-refractivity contribution in [1.29, 1.82) is 0 Å². The van der Waals surface area contributed by atoms with Gasteiger partial charge in [0.25, 0.3) is 0 Å². The molecule has 0 saturated carbocycles. The third-order valence-corrected chi connectivity index (χ3v) is 3.32.